The van der Waals surface area contributed by atoms with Crippen molar-refractivity contribution >= 4 is 0 Å². The molecule has 144 valence electrons. The van der Waals surface area contributed by atoms with Gasteiger partial charge in [-0.15, -0.1) is 0 Å². The van der Waals surface area contributed by atoms with Crippen LogP contribution in [0.2, 0.25) is 0 Å². The Morgan fingerprint density at radius 3 is 2.52 bits per heavy atom. The molecule has 25 heavy (non-hydrogen) atoms. The van der Waals surface area contributed by atoms with Crippen LogP contribution in [0.4, 0.5) is 0 Å². The van der Waals surface area contributed by atoms with Crippen LogP contribution in [-0.4, -0.2) is 63.8 Å². The Balaban J connectivity index is 2.03. The SMILES string of the molecule is CC1=C(C=CC(C)OC2OC(CO)C(O)C(O)C2O)C(C)(C)CCC1. The maximum atomic E-state index is 10.0. The Hall–Kier alpha value is -0.760. The summed E-state index contributed by atoms with van der Waals surface area (Å²) in [5.41, 5.74) is 2.82. The second-order valence-corrected chi connectivity index (χ2v) is 7.83. The first-order valence-electron chi connectivity index (χ1n) is 9.02. The number of hydrogen-bond donors (Lipinski definition) is 4. The summed E-state index contributed by atoms with van der Waals surface area (Å²) in [5, 5.41) is 38.9. The fourth-order valence-electron chi connectivity index (χ4n) is 3.68. The Bertz CT molecular complexity index is 510. The van der Waals surface area contributed by atoms with Gasteiger partial charge in [0.05, 0.1) is 12.7 Å². The summed E-state index contributed by atoms with van der Waals surface area (Å²) >= 11 is 0. The molecule has 0 aromatic rings. The van der Waals surface area contributed by atoms with E-state index >= 15 is 0 Å². The van der Waals surface area contributed by atoms with E-state index in [0.29, 0.717) is 0 Å². The van der Waals surface area contributed by atoms with Crippen molar-refractivity contribution in [1.82, 2.24) is 0 Å². The lowest BCUT2D eigenvalue weighted by Crippen LogP contribution is -2.59. The lowest BCUT2D eigenvalue weighted by molar-refractivity contribution is -0.306. The third-order valence-electron chi connectivity index (χ3n) is 5.27. The normalized spacial score (nSPS) is 37.5. The van der Waals surface area contributed by atoms with E-state index in [1.807, 2.05) is 13.0 Å². The summed E-state index contributed by atoms with van der Waals surface area (Å²) in [7, 11) is 0. The maximum absolute atomic E-state index is 10.0. The van der Waals surface area contributed by atoms with Gasteiger partial charge in [-0.25, -0.2) is 0 Å². The van der Waals surface area contributed by atoms with E-state index in [4.69, 9.17) is 9.47 Å². The molecule has 6 nitrogen and oxygen atoms in total. The topological polar surface area (TPSA) is 99.4 Å². The number of aliphatic hydroxyl groups is 4. The van der Waals surface area contributed by atoms with E-state index in [9.17, 15) is 20.4 Å². The molecule has 6 heteroatoms. The average molecular weight is 356 g/mol. The molecule has 6 unspecified atom stereocenters. The molecule has 6 atom stereocenters. The van der Waals surface area contributed by atoms with E-state index in [-0.39, 0.29) is 11.5 Å². The molecule has 2 rings (SSSR count). The highest BCUT2D eigenvalue weighted by molar-refractivity contribution is 5.32. The molecular formula is C19H32O6. The van der Waals surface area contributed by atoms with Gasteiger partial charge in [-0.2, -0.15) is 0 Å². The number of aliphatic hydroxyl groups excluding tert-OH is 4. The highest BCUT2D eigenvalue weighted by Gasteiger charge is 2.44. The van der Waals surface area contributed by atoms with Gasteiger partial charge < -0.3 is 29.9 Å². The summed E-state index contributed by atoms with van der Waals surface area (Å²) in [4.78, 5) is 0. The molecule has 2 aliphatic rings. The predicted molar refractivity (Wildman–Crippen MR) is 93.8 cm³/mol. The smallest absolute Gasteiger partial charge is 0.187 e. The lowest BCUT2D eigenvalue weighted by Gasteiger charge is -2.40. The van der Waals surface area contributed by atoms with Gasteiger partial charge in [-0.05, 0) is 44.1 Å². The van der Waals surface area contributed by atoms with Crippen molar-refractivity contribution in [2.75, 3.05) is 6.61 Å². The van der Waals surface area contributed by atoms with E-state index in [0.717, 1.165) is 12.8 Å². The first kappa shape index (κ1) is 20.6. The minimum absolute atomic E-state index is 0.127. The van der Waals surface area contributed by atoms with Crippen molar-refractivity contribution in [1.29, 1.82) is 0 Å². The van der Waals surface area contributed by atoms with Crippen LogP contribution < -0.4 is 0 Å². The van der Waals surface area contributed by atoms with E-state index in [2.05, 4.69) is 26.8 Å². The van der Waals surface area contributed by atoms with Gasteiger partial charge in [0.2, 0.25) is 0 Å². The molecule has 1 heterocycles. The standard InChI is InChI=1S/C19H32O6/c1-11-6-5-9-19(3,4)13(11)8-7-12(2)24-18-17(23)16(22)15(21)14(10-20)25-18/h7-8,12,14-18,20-23H,5-6,9-10H2,1-4H3. The molecule has 1 aliphatic carbocycles. The van der Waals surface area contributed by atoms with Gasteiger partial charge in [-0.3, -0.25) is 0 Å². The number of rotatable bonds is 5. The van der Waals surface area contributed by atoms with Gasteiger partial charge >= 0.3 is 0 Å². The zero-order valence-electron chi connectivity index (χ0n) is 15.6. The van der Waals surface area contributed by atoms with Crippen LogP contribution in [0.15, 0.2) is 23.3 Å². The average Bonchev–Trinajstić information content (AvgIpc) is 2.54. The molecular weight excluding hydrogens is 324 g/mol. The molecule has 1 saturated heterocycles. The molecule has 1 fully saturated rings. The minimum Gasteiger partial charge on any atom is -0.394 e. The van der Waals surface area contributed by atoms with E-state index in [1.165, 1.54) is 17.6 Å². The number of ether oxygens (including phenoxy) is 2. The van der Waals surface area contributed by atoms with Crippen LogP contribution >= 0.6 is 0 Å². The van der Waals surface area contributed by atoms with Gasteiger partial charge in [0.25, 0.3) is 0 Å². The molecule has 0 radical (unpaired) electrons. The maximum Gasteiger partial charge on any atom is 0.187 e. The Labute approximate surface area is 149 Å². The van der Waals surface area contributed by atoms with Crippen molar-refractivity contribution in [3.05, 3.63) is 23.3 Å². The molecule has 0 aromatic heterocycles. The van der Waals surface area contributed by atoms with Crippen LogP contribution in [-0.2, 0) is 9.47 Å². The summed E-state index contributed by atoms with van der Waals surface area (Å²) in [6, 6.07) is 0. The second kappa shape index (κ2) is 8.29. The highest BCUT2D eigenvalue weighted by Crippen LogP contribution is 2.40. The summed E-state index contributed by atoms with van der Waals surface area (Å²) in [5.74, 6) is 0. The van der Waals surface area contributed by atoms with Gasteiger partial charge in [0.15, 0.2) is 6.29 Å². The fourth-order valence-corrected chi connectivity index (χ4v) is 3.68. The van der Waals surface area contributed by atoms with Gasteiger partial charge in [0.1, 0.15) is 24.4 Å². The molecule has 0 aromatic carbocycles. The minimum atomic E-state index is -1.42. The van der Waals surface area contributed by atoms with Gasteiger partial charge in [-0.1, -0.05) is 31.6 Å². The third kappa shape index (κ3) is 4.70. The largest absolute Gasteiger partial charge is 0.394 e. The van der Waals surface area contributed by atoms with Gasteiger partial charge in [0, 0.05) is 0 Å². The van der Waals surface area contributed by atoms with E-state index < -0.39 is 37.3 Å². The Kier molecular flexibility index (Phi) is 6.81. The van der Waals surface area contributed by atoms with Crippen molar-refractivity contribution in [2.45, 2.75) is 83.8 Å². The van der Waals surface area contributed by atoms with E-state index in [1.54, 1.807) is 0 Å². The monoisotopic (exact) mass is 356 g/mol. The third-order valence-corrected chi connectivity index (χ3v) is 5.27. The summed E-state index contributed by atoms with van der Waals surface area (Å²) in [6.45, 7) is 7.99. The van der Waals surface area contributed by atoms with Crippen LogP contribution in [0.1, 0.15) is 47.0 Å². The first-order valence-corrected chi connectivity index (χ1v) is 9.02. The second-order valence-electron chi connectivity index (χ2n) is 7.83. The van der Waals surface area contributed by atoms with Crippen molar-refractivity contribution in [3.63, 3.8) is 0 Å². The zero-order valence-corrected chi connectivity index (χ0v) is 15.6. The lowest BCUT2D eigenvalue weighted by atomic mass is 9.72. The number of hydrogen-bond acceptors (Lipinski definition) is 6. The first-order chi connectivity index (χ1) is 11.7. The van der Waals surface area contributed by atoms with Crippen LogP contribution in [0.3, 0.4) is 0 Å². The summed E-state index contributed by atoms with van der Waals surface area (Å²) in [6.07, 6.45) is 0.836. The molecule has 1 aliphatic heterocycles. The number of allylic oxidation sites excluding steroid dienone is 3. The highest BCUT2D eigenvalue weighted by atomic mass is 16.7. The quantitative estimate of drug-likeness (QED) is 0.592. The molecule has 0 amide bonds. The van der Waals surface area contributed by atoms with Crippen molar-refractivity contribution < 1.29 is 29.9 Å². The van der Waals surface area contributed by atoms with Crippen molar-refractivity contribution in [2.24, 2.45) is 5.41 Å². The van der Waals surface area contributed by atoms with Crippen LogP contribution in [0.25, 0.3) is 0 Å². The Morgan fingerprint density at radius 2 is 1.92 bits per heavy atom. The molecule has 4 N–H and O–H groups in total. The molecule has 0 spiro atoms. The molecule has 0 saturated carbocycles. The molecule has 0 bridgehead atoms. The van der Waals surface area contributed by atoms with Crippen molar-refractivity contribution in [3.8, 4) is 0 Å². The van der Waals surface area contributed by atoms with Crippen LogP contribution in [0.5, 0.6) is 0 Å². The zero-order chi connectivity index (χ0) is 18.8. The predicted octanol–water partition coefficient (Wildman–Crippen LogP) is 1.27. The summed E-state index contributed by atoms with van der Waals surface area (Å²) < 4.78 is 11.1. The van der Waals surface area contributed by atoms with Crippen LogP contribution in [0, 0.1) is 5.41 Å². The fraction of sp³-hybridized carbons (Fsp3) is 0.789. The Morgan fingerprint density at radius 1 is 1.24 bits per heavy atom.